The van der Waals surface area contributed by atoms with Crippen molar-refractivity contribution in [1.82, 2.24) is 4.90 Å². The van der Waals surface area contributed by atoms with Gasteiger partial charge in [-0.25, -0.2) is 9.18 Å². The number of amides is 1. The van der Waals surface area contributed by atoms with Gasteiger partial charge in [0.15, 0.2) is 0 Å². The highest BCUT2D eigenvalue weighted by molar-refractivity contribution is 5.66. The lowest BCUT2D eigenvalue weighted by Gasteiger charge is -2.37. The molecule has 6 heteroatoms. The summed E-state index contributed by atoms with van der Waals surface area (Å²) in [5, 5.41) is 9.25. The molecule has 2 heterocycles. The van der Waals surface area contributed by atoms with Crippen LogP contribution in [-0.4, -0.2) is 41.4 Å². The minimum atomic E-state index is -0.838. The molecule has 1 amide bonds. The molecule has 0 saturated carbocycles. The summed E-state index contributed by atoms with van der Waals surface area (Å²) in [5.41, 5.74) is 0.464. The van der Waals surface area contributed by atoms with Crippen molar-refractivity contribution in [3.8, 4) is 5.75 Å². The van der Waals surface area contributed by atoms with Crippen molar-refractivity contribution in [1.29, 1.82) is 0 Å². The SMILES string of the molecule is COCc1cc(OC2C[C@H]3CC[C@@H](C2)N3C(=O)O)ccc1F. The zero-order valence-corrected chi connectivity index (χ0v) is 12.5. The predicted molar refractivity (Wildman–Crippen MR) is 77.4 cm³/mol. The Morgan fingerprint density at radius 1 is 1.36 bits per heavy atom. The number of ether oxygens (including phenoxy) is 2. The third-order valence-electron chi connectivity index (χ3n) is 4.53. The lowest BCUT2D eigenvalue weighted by molar-refractivity contribution is 0.0494. The molecule has 2 fully saturated rings. The molecule has 0 aromatic heterocycles. The Morgan fingerprint density at radius 2 is 2.05 bits per heavy atom. The van der Waals surface area contributed by atoms with Crippen LogP contribution in [0.3, 0.4) is 0 Å². The Hall–Kier alpha value is -1.82. The predicted octanol–water partition coefficient (Wildman–Crippen LogP) is 3.02. The number of methoxy groups -OCH3 is 1. The summed E-state index contributed by atoms with van der Waals surface area (Å²) < 4.78 is 24.5. The van der Waals surface area contributed by atoms with E-state index in [9.17, 15) is 14.3 Å². The topological polar surface area (TPSA) is 59.0 Å². The average molecular weight is 309 g/mol. The van der Waals surface area contributed by atoms with Gasteiger partial charge in [0.25, 0.3) is 0 Å². The van der Waals surface area contributed by atoms with Crippen LogP contribution in [-0.2, 0) is 11.3 Å². The molecule has 0 radical (unpaired) electrons. The van der Waals surface area contributed by atoms with Crippen LogP contribution in [0, 0.1) is 5.82 Å². The van der Waals surface area contributed by atoms with E-state index in [-0.39, 0.29) is 30.6 Å². The first kappa shape index (κ1) is 15.1. The van der Waals surface area contributed by atoms with Crippen LogP contribution in [0.15, 0.2) is 18.2 Å². The first-order chi connectivity index (χ1) is 10.6. The van der Waals surface area contributed by atoms with Crippen LogP contribution in [0.2, 0.25) is 0 Å². The van der Waals surface area contributed by atoms with Gasteiger partial charge < -0.3 is 19.5 Å². The fourth-order valence-corrected chi connectivity index (χ4v) is 3.62. The maximum atomic E-state index is 13.6. The van der Waals surface area contributed by atoms with Crippen molar-refractivity contribution >= 4 is 6.09 Å². The highest BCUT2D eigenvalue weighted by Gasteiger charge is 2.44. The number of nitrogens with zero attached hydrogens (tertiary/aromatic N) is 1. The minimum absolute atomic E-state index is 0.0195. The highest BCUT2D eigenvalue weighted by Crippen LogP contribution is 2.37. The summed E-state index contributed by atoms with van der Waals surface area (Å²) in [5.74, 6) is 0.302. The lowest BCUT2D eigenvalue weighted by Crippen LogP contribution is -2.48. The van der Waals surface area contributed by atoms with Crippen LogP contribution >= 0.6 is 0 Å². The van der Waals surface area contributed by atoms with Gasteiger partial charge >= 0.3 is 6.09 Å². The van der Waals surface area contributed by atoms with Gasteiger partial charge in [-0.3, -0.25) is 0 Å². The molecular formula is C16H20FNO4. The van der Waals surface area contributed by atoms with E-state index < -0.39 is 6.09 Å². The van der Waals surface area contributed by atoms with Crippen LogP contribution in [0.5, 0.6) is 5.75 Å². The molecular weight excluding hydrogens is 289 g/mol. The van der Waals surface area contributed by atoms with Crippen LogP contribution < -0.4 is 4.74 Å². The van der Waals surface area contributed by atoms with Crippen LogP contribution in [0.1, 0.15) is 31.2 Å². The van der Waals surface area contributed by atoms with Gasteiger partial charge in [-0.1, -0.05) is 0 Å². The summed E-state index contributed by atoms with van der Waals surface area (Å²) in [6, 6.07) is 4.73. The summed E-state index contributed by atoms with van der Waals surface area (Å²) in [6.07, 6.45) is 2.33. The number of hydrogen-bond donors (Lipinski definition) is 1. The summed E-state index contributed by atoms with van der Waals surface area (Å²) in [7, 11) is 1.52. The van der Waals surface area contributed by atoms with Crippen molar-refractivity contribution in [3.63, 3.8) is 0 Å². The van der Waals surface area contributed by atoms with Gasteiger partial charge in [-0.05, 0) is 31.0 Å². The molecule has 1 aromatic rings. The van der Waals surface area contributed by atoms with E-state index >= 15 is 0 Å². The second-order valence-electron chi connectivity index (χ2n) is 5.97. The zero-order chi connectivity index (χ0) is 15.7. The third-order valence-corrected chi connectivity index (χ3v) is 4.53. The molecule has 1 N–H and O–H groups in total. The largest absolute Gasteiger partial charge is 0.490 e. The molecule has 0 spiro atoms. The van der Waals surface area contributed by atoms with Crippen molar-refractivity contribution in [2.75, 3.05) is 7.11 Å². The Balaban J connectivity index is 1.68. The summed E-state index contributed by atoms with van der Waals surface area (Å²) >= 11 is 0. The van der Waals surface area contributed by atoms with E-state index in [1.165, 1.54) is 13.2 Å². The van der Waals surface area contributed by atoms with Crippen molar-refractivity contribution < 1.29 is 23.8 Å². The number of rotatable bonds is 4. The number of halogens is 1. The quantitative estimate of drug-likeness (QED) is 0.929. The number of carbonyl (C=O) groups is 1. The van der Waals surface area contributed by atoms with Gasteiger partial charge in [-0.2, -0.15) is 0 Å². The van der Waals surface area contributed by atoms with Gasteiger partial charge in [0.05, 0.1) is 6.61 Å². The van der Waals surface area contributed by atoms with Crippen molar-refractivity contribution in [3.05, 3.63) is 29.6 Å². The second kappa shape index (κ2) is 6.12. The molecule has 3 rings (SSSR count). The molecule has 22 heavy (non-hydrogen) atoms. The first-order valence-corrected chi connectivity index (χ1v) is 7.53. The van der Waals surface area contributed by atoms with Crippen LogP contribution in [0.25, 0.3) is 0 Å². The molecule has 2 saturated heterocycles. The molecule has 1 unspecified atom stereocenters. The van der Waals surface area contributed by atoms with Gasteiger partial charge in [-0.15, -0.1) is 0 Å². The maximum Gasteiger partial charge on any atom is 0.407 e. The first-order valence-electron chi connectivity index (χ1n) is 7.53. The molecule has 1 aromatic carbocycles. The molecule has 120 valence electrons. The molecule has 2 aliphatic heterocycles. The van der Waals surface area contributed by atoms with Crippen molar-refractivity contribution in [2.45, 2.75) is 50.5 Å². The van der Waals surface area contributed by atoms with E-state index in [0.717, 1.165) is 12.8 Å². The van der Waals surface area contributed by atoms with E-state index in [1.54, 1.807) is 17.0 Å². The standard InChI is InChI=1S/C16H20FNO4/c1-21-9-10-6-13(4-5-15(10)17)22-14-7-11-2-3-12(8-14)18(11)16(19)20/h4-6,11-12,14H,2-3,7-9H2,1H3,(H,19,20)/t11-,12+,14?. The number of hydrogen-bond acceptors (Lipinski definition) is 3. The Bertz CT molecular complexity index is 551. The minimum Gasteiger partial charge on any atom is -0.490 e. The van der Waals surface area contributed by atoms with Crippen molar-refractivity contribution in [2.24, 2.45) is 0 Å². The van der Waals surface area contributed by atoms with Crippen LogP contribution in [0.4, 0.5) is 9.18 Å². The molecule has 3 atom stereocenters. The molecule has 2 bridgehead atoms. The van der Waals surface area contributed by atoms with Gasteiger partial charge in [0.1, 0.15) is 17.7 Å². The Kier molecular flexibility index (Phi) is 4.20. The monoisotopic (exact) mass is 309 g/mol. The summed E-state index contributed by atoms with van der Waals surface area (Å²) in [6.45, 7) is 0.200. The zero-order valence-electron chi connectivity index (χ0n) is 12.5. The number of fused-ring (bicyclic) bond motifs is 2. The third kappa shape index (κ3) is 2.88. The Morgan fingerprint density at radius 3 is 2.64 bits per heavy atom. The number of benzene rings is 1. The number of carboxylic acid groups (broad SMARTS) is 1. The van der Waals surface area contributed by atoms with Gasteiger partial charge in [0, 0.05) is 37.6 Å². The Labute approximate surface area is 128 Å². The maximum absolute atomic E-state index is 13.6. The normalized spacial score (nSPS) is 27.0. The molecule has 5 nitrogen and oxygen atoms in total. The highest BCUT2D eigenvalue weighted by atomic mass is 19.1. The van der Waals surface area contributed by atoms with Gasteiger partial charge in [0.2, 0.25) is 0 Å². The van der Waals surface area contributed by atoms with E-state index in [4.69, 9.17) is 9.47 Å². The van der Waals surface area contributed by atoms with E-state index in [1.807, 2.05) is 0 Å². The lowest BCUT2D eigenvalue weighted by atomic mass is 10.00. The second-order valence-corrected chi connectivity index (χ2v) is 5.97. The fourth-order valence-electron chi connectivity index (χ4n) is 3.62. The van der Waals surface area contributed by atoms with E-state index in [2.05, 4.69) is 0 Å². The smallest absolute Gasteiger partial charge is 0.407 e. The average Bonchev–Trinajstić information content (AvgIpc) is 2.75. The fraction of sp³-hybridized carbons (Fsp3) is 0.562. The van der Waals surface area contributed by atoms with E-state index in [0.29, 0.717) is 24.2 Å². The molecule has 2 aliphatic rings. The molecule has 0 aliphatic carbocycles. The summed E-state index contributed by atoms with van der Waals surface area (Å²) in [4.78, 5) is 12.8. The number of piperidine rings is 1.